The summed E-state index contributed by atoms with van der Waals surface area (Å²) in [5.74, 6) is 0. The van der Waals surface area contributed by atoms with Gasteiger partial charge < -0.3 is 19.6 Å². The Hall–Kier alpha value is -8.34. The molecule has 1 aliphatic rings. The van der Waals surface area contributed by atoms with Crippen LogP contribution in [-0.4, -0.2) is 0 Å². The summed E-state index contributed by atoms with van der Waals surface area (Å²) in [5, 5.41) is 2.62. The second-order valence-corrected chi connectivity index (χ2v) is 24.8. The predicted molar refractivity (Wildman–Crippen MR) is 340 cm³/mol. The molecule has 4 heteroatoms. The van der Waals surface area contributed by atoms with Crippen LogP contribution in [0, 0.1) is 27.7 Å². The van der Waals surface area contributed by atoms with Gasteiger partial charge in [0.2, 0.25) is 0 Å². The summed E-state index contributed by atoms with van der Waals surface area (Å²) in [4.78, 5) is 9.79. The Morgan fingerprint density at radius 2 is 0.646 bits per heavy atom. The number of hydrogen-bond acceptors (Lipinski definition) is 4. The van der Waals surface area contributed by atoms with Crippen molar-refractivity contribution in [3.05, 3.63) is 263 Å². The molecule has 0 atom stereocenters. The molecule has 0 unspecified atom stereocenters. The minimum Gasteiger partial charge on any atom is -0.311 e. The molecular weight excluding hydrogens is 957 g/mol. The van der Waals surface area contributed by atoms with Gasteiger partial charge in [-0.05, 0) is 246 Å². The van der Waals surface area contributed by atoms with Crippen molar-refractivity contribution in [2.24, 2.45) is 0 Å². The fourth-order valence-electron chi connectivity index (χ4n) is 12.2. The maximum Gasteiger partial charge on any atom is 0.0505 e. The molecule has 79 heavy (non-hydrogen) atoms. The molecule has 0 saturated carbocycles. The van der Waals surface area contributed by atoms with Crippen LogP contribution in [0.2, 0.25) is 0 Å². The van der Waals surface area contributed by atoms with Gasteiger partial charge in [-0.3, -0.25) is 0 Å². The van der Waals surface area contributed by atoms with Crippen LogP contribution in [0.25, 0.3) is 10.8 Å². The van der Waals surface area contributed by atoms with Crippen LogP contribution in [0.5, 0.6) is 0 Å². The highest BCUT2D eigenvalue weighted by Gasteiger charge is 2.36. The first-order chi connectivity index (χ1) is 37.8. The van der Waals surface area contributed by atoms with E-state index in [0.717, 1.165) is 69.7 Å². The van der Waals surface area contributed by atoms with Gasteiger partial charge in [0.15, 0.2) is 0 Å². The number of nitrogens with zero attached hydrogens (tertiary/aromatic N) is 4. The highest BCUT2D eigenvalue weighted by molar-refractivity contribution is 6.02. The van der Waals surface area contributed by atoms with E-state index in [1.165, 1.54) is 66.7 Å². The molecule has 11 rings (SSSR count). The third-order valence-electron chi connectivity index (χ3n) is 16.1. The van der Waals surface area contributed by atoms with Crippen LogP contribution in [0.15, 0.2) is 218 Å². The summed E-state index contributed by atoms with van der Waals surface area (Å²) < 4.78 is 0. The van der Waals surface area contributed by atoms with E-state index in [-0.39, 0.29) is 16.2 Å². The fourth-order valence-corrected chi connectivity index (χ4v) is 12.2. The summed E-state index contributed by atoms with van der Waals surface area (Å²) in [6, 6.07) is 81.6. The molecule has 0 amide bonds. The maximum atomic E-state index is 2.53. The smallest absolute Gasteiger partial charge is 0.0505 e. The monoisotopic (exact) mass is 1030 g/mol. The van der Waals surface area contributed by atoms with E-state index in [0.29, 0.717) is 0 Å². The average molecular weight is 1030 g/mol. The first-order valence-corrected chi connectivity index (χ1v) is 28.3. The average Bonchev–Trinajstić information content (AvgIpc) is 3.60. The van der Waals surface area contributed by atoms with Gasteiger partial charge in [-0.15, -0.1) is 0 Å². The molecule has 0 heterocycles. The minimum atomic E-state index is -0.140. The van der Waals surface area contributed by atoms with Gasteiger partial charge in [0.25, 0.3) is 0 Å². The Morgan fingerprint density at radius 1 is 0.329 bits per heavy atom. The number of rotatable bonds is 12. The third kappa shape index (κ3) is 10.6. The SMILES string of the molecule is Cc1cc(C)cc(N(c2ccc(N(c3ccccc3)c3ccc(C(C)(C)C)cc3)cc2)c2ccc3ccc(N(c4ccc(N(c5ccccc5)c5ccc(C(C)(C)C)cc5)cc4)c4cc(C)cc(C)c4)c4c3c2CCC4(C)C)c1. The van der Waals surface area contributed by atoms with Gasteiger partial charge in [-0.25, -0.2) is 0 Å². The van der Waals surface area contributed by atoms with Gasteiger partial charge >= 0.3 is 0 Å². The van der Waals surface area contributed by atoms with Crippen molar-refractivity contribution in [1.82, 2.24) is 0 Å². The van der Waals surface area contributed by atoms with Crippen LogP contribution in [-0.2, 0) is 22.7 Å². The molecule has 0 fully saturated rings. The first-order valence-electron chi connectivity index (χ1n) is 28.3. The Labute approximate surface area is 471 Å². The molecule has 396 valence electrons. The van der Waals surface area contributed by atoms with E-state index in [9.17, 15) is 0 Å². The van der Waals surface area contributed by atoms with Crippen molar-refractivity contribution in [3.8, 4) is 0 Å². The maximum absolute atomic E-state index is 2.53. The Bertz CT molecular complexity index is 3740. The van der Waals surface area contributed by atoms with Gasteiger partial charge in [-0.2, -0.15) is 0 Å². The molecule has 0 aliphatic heterocycles. The quantitative estimate of drug-likeness (QED) is 0.121. The lowest BCUT2D eigenvalue weighted by Gasteiger charge is -2.40. The molecule has 0 N–H and O–H groups in total. The topological polar surface area (TPSA) is 13.0 Å². The van der Waals surface area contributed by atoms with Crippen LogP contribution in [0.1, 0.15) is 106 Å². The summed E-state index contributed by atoms with van der Waals surface area (Å²) in [5.41, 5.74) is 24.0. The van der Waals surface area contributed by atoms with E-state index in [1.54, 1.807) is 0 Å². The lowest BCUT2D eigenvalue weighted by atomic mass is 9.70. The lowest BCUT2D eigenvalue weighted by Crippen LogP contribution is -2.27. The van der Waals surface area contributed by atoms with Crippen LogP contribution in [0.4, 0.5) is 68.2 Å². The molecular formula is C75H76N4. The van der Waals surface area contributed by atoms with E-state index >= 15 is 0 Å². The van der Waals surface area contributed by atoms with E-state index in [1.807, 2.05) is 0 Å². The molecule has 1 aliphatic carbocycles. The highest BCUT2D eigenvalue weighted by atomic mass is 15.2. The molecule has 10 aromatic carbocycles. The first kappa shape index (κ1) is 52.7. The van der Waals surface area contributed by atoms with Gasteiger partial charge in [0, 0.05) is 62.6 Å². The number of aryl methyl sites for hydroxylation is 5. The number of para-hydroxylation sites is 2. The zero-order valence-electron chi connectivity index (χ0n) is 48.5. The molecule has 0 saturated heterocycles. The van der Waals surface area contributed by atoms with Gasteiger partial charge in [-0.1, -0.05) is 140 Å². The largest absolute Gasteiger partial charge is 0.311 e. The zero-order valence-corrected chi connectivity index (χ0v) is 48.5. The van der Waals surface area contributed by atoms with Crippen molar-refractivity contribution >= 4 is 79.0 Å². The van der Waals surface area contributed by atoms with E-state index < -0.39 is 0 Å². The minimum absolute atomic E-state index is 0.0622. The number of anilines is 12. The van der Waals surface area contributed by atoms with Crippen molar-refractivity contribution < 1.29 is 0 Å². The standard InChI is InChI=1S/C75H76N4/c1-51-45-52(2)48-66(47-51)78(64-37-33-62(34-38-64)76(58-19-15-13-16-20-58)60-29-25-56(26-30-60)73(5,6)7)69-41-23-55-24-42-70(72-71(55)68(69)43-44-75(72,11)12)79(67-49-53(3)46-54(4)50-67)65-39-35-63(36-40-65)77(59-21-17-14-18-22-59)61-31-27-57(28-32-61)74(8,9)10/h13-42,45-50H,43-44H2,1-12H3. The summed E-state index contributed by atoms with van der Waals surface area (Å²) >= 11 is 0. The van der Waals surface area contributed by atoms with Crippen LogP contribution in [0.3, 0.4) is 0 Å². The van der Waals surface area contributed by atoms with E-state index in [2.05, 4.69) is 321 Å². The molecule has 0 spiro atoms. The third-order valence-corrected chi connectivity index (χ3v) is 16.1. The van der Waals surface area contributed by atoms with Gasteiger partial charge in [0.05, 0.1) is 5.69 Å². The molecule has 10 aromatic rings. The lowest BCUT2D eigenvalue weighted by molar-refractivity contribution is 0.475. The molecule has 0 aromatic heterocycles. The molecule has 4 nitrogen and oxygen atoms in total. The van der Waals surface area contributed by atoms with Crippen molar-refractivity contribution in [3.63, 3.8) is 0 Å². The van der Waals surface area contributed by atoms with Crippen molar-refractivity contribution in [2.45, 2.75) is 112 Å². The second kappa shape index (κ2) is 20.8. The van der Waals surface area contributed by atoms with Crippen molar-refractivity contribution in [1.29, 1.82) is 0 Å². The summed E-state index contributed by atoms with van der Waals surface area (Å²) in [7, 11) is 0. The predicted octanol–water partition coefficient (Wildman–Crippen LogP) is 21.8. The Morgan fingerprint density at radius 3 is 1.01 bits per heavy atom. The molecule has 0 radical (unpaired) electrons. The van der Waals surface area contributed by atoms with Gasteiger partial charge in [0.1, 0.15) is 0 Å². The van der Waals surface area contributed by atoms with Crippen molar-refractivity contribution in [2.75, 3.05) is 19.6 Å². The highest BCUT2D eigenvalue weighted by Crippen LogP contribution is 2.53. The summed E-state index contributed by atoms with van der Waals surface area (Å²) in [6.07, 6.45) is 1.95. The number of benzene rings is 10. The second-order valence-electron chi connectivity index (χ2n) is 24.8. The Balaban J connectivity index is 1.06. The fraction of sp³-hybridized carbons (Fsp3) is 0.227. The normalized spacial score (nSPS) is 13.1. The molecule has 0 bridgehead atoms. The van der Waals surface area contributed by atoms with Crippen LogP contribution >= 0.6 is 0 Å². The number of hydrogen-bond donors (Lipinski definition) is 0. The zero-order chi connectivity index (χ0) is 55.4. The summed E-state index contributed by atoms with van der Waals surface area (Å²) in [6.45, 7) is 27.4. The van der Waals surface area contributed by atoms with Crippen LogP contribution < -0.4 is 19.6 Å². The van der Waals surface area contributed by atoms with E-state index in [4.69, 9.17) is 0 Å². The Kier molecular flexibility index (Phi) is 13.9.